The van der Waals surface area contributed by atoms with Gasteiger partial charge in [-0.3, -0.25) is 14.4 Å². The summed E-state index contributed by atoms with van der Waals surface area (Å²) >= 11 is 31.0. The van der Waals surface area contributed by atoms with E-state index in [1.165, 1.54) is 12.1 Å². The van der Waals surface area contributed by atoms with Crippen LogP contribution in [0, 0.1) is 5.92 Å². The van der Waals surface area contributed by atoms with Crippen LogP contribution in [-0.4, -0.2) is 34.6 Å². The average Bonchev–Trinajstić information content (AvgIpc) is 3.07. The summed E-state index contributed by atoms with van der Waals surface area (Å²) in [4.78, 5) is 37.2. The fraction of sp³-hybridized carbons (Fsp3) is 0.286. The maximum absolute atomic E-state index is 12.9. The van der Waals surface area contributed by atoms with Crippen LogP contribution >= 0.6 is 58.0 Å². The van der Waals surface area contributed by atoms with Gasteiger partial charge in [0.15, 0.2) is 0 Å². The molecule has 0 aromatic heterocycles. The molecule has 2 aromatic rings. The van der Waals surface area contributed by atoms with Crippen LogP contribution in [0.4, 0.5) is 5.69 Å². The summed E-state index contributed by atoms with van der Waals surface area (Å²) < 4.78 is -1.33. The van der Waals surface area contributed by atoms with Gasteiger partial charge in [-0.2, -0.15) is 0 Å². The molecule has 1 aliphatic carbocycles. The van der Waals surface area contributed by atoms with Gasteiger partial charge in [-0.25, -0.2) is 0 Å². The Balaban J connectivity index is 1.49. The molecule has 168 valence electrons. The third-order valence-electron chi connectivity index (χ3n) is 5.41. The zero-order valence-electron chi connectivity index (χ0n) is 16.2. The number of benzene rings is 2. The number of anilines is 1. The molecule has 0 radical (unpaired) electrons. The van der Waals surface area contributed by atoms with Gasteiger partial charge in [-0.1, -0.05) is 34.8 Å². The lowest BCUT2D eigenvalue weighted by Gasteiger charge is -2.12. The zero-order valence-corrected chi connectivity index (χ0v) is 20.0. The lowest BCUT2D eigenvalue weighted by molar-refractivity contribution is -0.120. The highest BCUT2D eigenvalue weighted by molar-refractivity contribution is 6.53. The van der Waals surface area contributed by atoms with Crippen molar-refractivity contribution in [3.63, 3.8) is 0 Å². The minimum atomic E-state index is -1.33. The predicted octanol–water partition coefficient (Wildman–Crippen LogP) is 4.79. The summed E-state index contributed by atoms with van der Waals surface area (Å²) in [6.07, 6.45) is 0.489. The van der Waals surface area contributed by atoms with Gasteiger partial charge in [0.2, 0.25) is 11.8 Å². The smallest absolute Gasteiger partial charge is 0.253 e. The lowest BCUT2D eigenvalue weighted by Crippen LogP contribution is -2.40. The molecule has 32 heavy (non-hydrogen) atoms. The molecule has 11 heteroatoms. The van der Waals surface area contributed by atoms with Crippen molar-refractivity contribution in [3.8, 4) is 0 Å². The highest BCUT2D eigenvalue weighted by atomic mass is 35.5. The molecule has 1 aliphatic heterocycles. The zero-order chi connectivity index (χ0) is 23.2. The Labute approximate surface area is 208 Å². The molecule has 0 spiro atoms. The minimum absolute atomic E-state index is 0.126. The number of carbonyl (C=O) groups is 3. The highest BCUT2D eigenvalue weighted by Gasteiger charge is 2.67. The van der Waals surface area contributed by atoms with E-state index in [1.54, 1.807) is 24.3 Å². The summed E-state index contributed by atoms with van der Waals surface area (Å²) in [5.41, 5.74) is 1.11. The molecule has 0 bridgehead atoms. The second kappa shape index (κ2) is 8.92. The van der Waals surface area contributed by atoms with Gasteiger partial charge in [-0.15, -0.1) is 23.2 Å². The Bertz CT molecular complexity index is 1100. The van der Waals surface area contributed by atoms with Gasteiger partial charge in [0, 0.05) is 28.2 Å². The minimum Gasteiger partial charge on any atom is -0.354 e. The van der Waals surface area contributed by atoms with Crippen LogP contribution in [0.25, 0.3) is 0 Å². The fourth-order valence-electron chi connectivity index (χ4n) is 3.79. The first-order valence-electron chi connectivity index (χ1n) is 9.60. The highest BCUT2D eigenvalue weighted by Crippen LogP contribution is 2.65. The van der Waals surface area contributed by atoms with E-state index in [9.17, 15) is 14.4 Å². The van der Waals surface area contributed by atoms with Crippen LogP contribution in [0.2, 0.25) is 15.1 Å². The average molecular weight is 536 g/mol. The summed E-state index contributed by atoms with van der Waals surface area (Å²) in [6.45, 7) is 0.493. The molecule has 1 saturated carbocycles. The molecular formula is C21H16Cl5N3O3. The number of alkyl halides is 2. The molecule has 3 N–H and O–H groups in total. The summed E-state index contributed by atoms with van der Waals surface area (Å²) in [5.74, 6) is -2.45. The number of carbonyl (C=O) groups excluding carboxylic acids is 3. The number of nitrogens with one attached hydrogen (secondary N) is 3. The molecule has 1 unspecified atom stereocenters. The van der Waals surface area contributed by atoms with Crippen molar-refractivity contribution in [2.24, 2.45) is 5.92 Å². The molecular weight excluding hydrogens is 520 g/mol. The molecule has 2 aliphatic rings. The van der Waals surface area contributed by atoms with Gasteiger partial charge < -0.3 is 16.0 Å². The van der Waals surface area contributed by atoms with Crippen molar-refractivity contribution < 1.29 is 14.4 Å². The van der Waals surface area contributed by atoms with Crippen LogP contribution in [0.15, 0.2) is 36.4 Å². The Morgan fingerprint density at radius 1 is 1.03 bits per heavy atom. The molecule has 3 amide bonds. The molecule has 2 aromatic carbocycles. The maximum Gasteiger partial charge on any atom is 0.253 e. The number of hydrogen-bond donors (Lipinski definition) is 3. The molecule has 1 heterocycles. The number of amides is 3. The first kappa shape index (κ1) is 23.5. The van der Waals surface area contributed by atoms with E-state index in [0.29, 0.717) is 34.3 Å². The van der Waals surface area contributed by atoms with Crippen LogP contribution in [0.3, 0.4) is 0 Å². The quantitative estimate of drug-likeness (QED) is 0.481. The fourth-order valence-corrected chi connectivity index (χ4v) is 5.36. The maximum atomic E-state index is 12.9. The van der Waals surface area contributed by atoms with E-state index in [0.717, 1.165) is 0 Å². The van der Waals surface area contributed by atoms with E-state index >= 15 is 0 Å². The van der Waals surface area contributed by atoms with Gasteiger partial charge in [0.1, 0.15) is 10.4 Å². The SMILES string of the molecule is O=C(NC1CCNC1=O)c1cc(NC(=O)[C@H]2[C@H](c3cc(Cl)cc(Cl)c3)C2(Cl)Cl)ccc1Cl. The number of hydrogen-bond acceptors (Lipinski definition) is 3. The molecule has 1 saturated heterocycles. The first-order chi connectivity index (χ1) is 15.1. The van der Waals surface area contributed by atoms with Crippen molar-refractivity contribution in [2.45, 2.75) is 22.7 Å². The van der Waals surface area contributed by atoms with Crippen molar-refractivity contribution in [3.05, 3.63) is 62.6 Å². The van der Waals surface area contributed by atoms with Gasteiger partial charge in [0.05, 0.1) is 16.5 Å². The Hall–Kier alpha value is -1.70. The molecule has 6 nitrogen and oxygen atoms in total. The van der Waals surface area contributed by atoms with E-state index < -0.39 is 34.0 Å². The lowest BCUT2D eigenvalue weighted by atomic mass is 10.1. The van der Waals surface area contributed by atoms with Crippen LogP contribution in [-0.2, 0) is 9.59 Å². The van der Waals surface area contributed by atoms with Gasteiger partial charge in [-0.05, 0) is 48.4 Å². The standard InChI is InChI=1S/C21H16Cl5N3O3/c22-10-5-9(6-11(23)7-10)16-17(21(16,25)26)20(32)28-12-1-2-14(24)13(8-12)18(30)29-15-3-4-27-19(15)31/h1-2,5-8,15-17H,3-4H2,(H,27,31)(H,28,32)(H,29,30)/t15?,16-,17+/m0/s1. The van der Waals surface area contributed by atoms with E-state index in [2.05, 4.69) is 16.0 Å². The third-order valence-corrected chi connectivity index (χ3v) is 7.12. The Morgan fingerprint density at radius 3 is 2.34 bits per heavy atom. The second-order valence-corrected chi connectivity index (χ2v) is 10.3. The Kier molecular flexibility index (Phi) is 6.54. The molecule has 4 rings (SSSR count). The summed E-state index contributed by atoms with van der Waals surface area (Å²) in [7, 11) is 0. The van der Waals surface area contributed by atoms with Crippen LogP contribution in [0.1, 0.15) is 28.3 Å². The van der Waals surface area contributed by atoms with E-state index in [1.807, 2.05) is 0 Å². The van der Waals surface area contributed by atoms with Crippen molar-refractivity contribution >= 4 is 81.4 Å². The van der Waals surface area contributed by atoms with Crippen LogP contribution in [0.5, 0.6) is 0 Å². The van der Waals surface area contributed by atoms with Gasteiger partial charge >= 0.3 is 0 Å². The summed E-state index contributed by atoms with van der Waals surface area (Å²) in [6, 6.07) is 8.74. The topological polar surface area (TPSA) is 87.3 Å². The predicted molar refractivity (Wildman–Crippen MR) is 126 cm³/mol. The molecule has 3 atom stereocenters. The van der Waals surface area contributed by atoms with Crippen molar-refractivity contribution in [2.75, 3.05) is 11.9 Å². The third kappa shape index (κ3) is 4.66. The Morgan fingerprint density at radius 2 is 1.72 bits per heavy atom. The normalized spacial score (nSPS) is 23.4. The van der Waals surface area contributed by atoms with Crippen molar-refractivity contribution in [1.82, 2.24) is 10.6 Å². The summed E-state index contributed by atoms with van der Waals surface area (Å²) in [5, 5.41) is 9.00. The van der Waals surface area contributed by atoms with Gasteiger partial charge in [0.25, 0.3) is 5.91 Å². The van der Waals surface area contributed by atoms with Crippen LogP contribution < -0.4 is 16.0 Å². The van der Waals surface area contributed by atoms with E-state index in [4.69, 9.17) is 58.0 Å². The second-order valence-electron chi connectivity index (χ2n) is 7.62. The first-order valence-corrected chi connectivity index (χ1v) is 11.5. The largest absolute Gasteiger partial charge is 0.354 e. The number of rotatable bonds is 5. The van der Waals surface area contributed by atoms with E-state index in [-0.39, 0.29) is 16.5 Å². The monoisotopic (exact) mass is 533 g/mol. The van der Waals surface area contributed by atoms with Crippen molar-refractivity contribution in [1.29, 1.82) is 0 Å². The number of halogens is 5. The molecule has 2 fully saturated rings.